The molecule has 0 radical (unpaired) electrons. The van der Waals surface area contributed by atoms with Crippen LogP contribution in [0.25, 0.3) is 0 Å². The Kier molecular flexibility index (Phi) is 3.27. The van der Waals surface area contributed by atoms with Gasteiger partial charge in [0.05, 0.1) is 24.3 Å². The normalized spacial score (nSPS) is 24.3. The number of nitrogens with zero attached hydrogens (tertiary/aromatic N) is 1. The highest BCUT2D eigenvalue weighted by Gasteiger charge is 2.42. The summed E-state index contributed by atoms with van der Waals surface area (Å²) >= 11 is 0. The van der Waals surface area contributed by atoms with Crippen molar-refractivity contribution in [2.75, 3.05) is 19.8 Å². The number of rotatable bonds is 2. The standard InChI is InChI=1S/C17H19NO4/c19-15-13-3-1-2-4-14(13)16(20)18(15)11-12-5-7-17(8-6-12)21-9-10-22-17/h1-4,12H,5-11H2. The molecule has 1 aliphatic carbocycles. The van der Waals surface area contributed by atoms with E-state index in [2.05, 4.69) is 0 Å². The minimum Gasteiger partial charge on any atom is -0.348 e. The molecule has 1 spiro atoms. The average molecular weight is 301 g/mol. The van der Waals surface area contributed by atoms with E-state index in [0.29, 0.717) is 36.8 Å². The van der Waals surface area contributed by atoms with Crippen LogP contribution in [0.5, 0.6) is 0 Å². The highest BCUT2D eigenvalue weighted by molar-refractivity contribution is 6.21. The summed E-state index contributed by atoms with van der Waals surface area (Å²) in [4.78, 5) is 26.2. The maximum Gasteiger partial charge on any atom is 0.261 e. The quantitative estimate of drug-likeness (QED) is 0.786. The van der Waals surface area contributed by atoms with Gasteiger partial charge in [-0.05, 0) is 30.9 Å². The number of carbonyl (C=O) groups is 2. The van der Waals surface area contributed by atoms with E-state index in [4.69, 9.17) is 9.47 Å². The molecule has 4 rings (SSSR count). The fourth-order valence-electron chi connectivity index (χ4n) is 3.75. The van der Waals surface area contributed by atoms with Crippen molar-refractivity contribution in [3.63, 3.8) is 0 Å². The maximum atomic E-state index is 12.4. The minimum atomic E-state index is -0.390. The second kappa shape index (κ2) is 5.18. The molecule has 5 nitrogen and oxygen atoms in total. The summed E-state index contributed by atoms with van der Waals surface area (Å²) in [5.74, 6) is -0.373. The molecule has 0 N–H and O–H groups in total. The second-order valence-corrected chi connectivity index (χ2v) is 6.32. The molecule has 1 aromatic rings. The number of hydrogen-bond donors (Lipinski definition) is 0. The Bertz CT molecular complexity index is 576. The van der Waals surface area contributed by atoms with E-state index in [1.54, 1.807) is 24.3 Å². The summed E-state index contributed by atoms with van der Waals surface area (Å²) in [5.41, 5.74) is 1.06. The molecular formula is C17H19NO4. The number of ether oxygens (including phenoxy) is 2. The van der Waals surface area contributed by atoms with Crippen LogP contribution in [0.15, 0.2) is 24.3 Å². The van der Waals surface area contributed by atoms with Crippen molar-refractivity contribution in [3.05, 3.63) is 35.4 Å². The van der Waals surface area contributed by atoms with Crippen molar-refractivity contribution in [3.8, 4) is 0 Å². The van der Waals surface area contributed by atoms with Crippen LogP contribution in [0, 0.1) is 5.92 Å². The van der Waals surface area contributed by atoms with Gasteiger partial charge in [-0.1, -0.05) is 12.1 Å². The van der Waals surface area contributed by atoms with Crippen molar-refractivity contribution in [1.82, 2.24) is 4.90 Å². The van der Waals surface area contributed by atoms with E-state index >= 15 is 0 Å². The van der Waals surface area contributed by atoms with Gasteiger partial charge in [0.2, 0.25) is 0 Å². The molecule has 3 aliphatic rings. The van der Waals surface area contributed by atoms with E-state index in [9.17, 15) is 9.59 Å². The largest absolute Gasteiger partial charge is 0.348 e. The lowest BCUT2D eigenvalue weighted by Gasteiger charge is -2.36. The van der Waals surface area contributed by atoms with Gasteiger partial charge in [-0.25, -0.2) is 0 Å². The third-order valence-electron chi connectivity index (χ3n) is 5.00. The molecule has 1 aromatic carbocycles. The van der Waals surface area contributed by atoms with Crippen molar-refractivity contribution < 1.29 is 19.1 Å². The molecule has 116 valence electrons. The first-order valence-electron chi connectivity index (χ1n) is 7.92. The third kappa shape index (κ3) is 2.16. The summed E-state index contributed by atoms with van der Waals surface area (Å²) in [5, 5.41) is 0. The van der Waals surface area contributed by atoms with Gasteiger partial charge in [0.1, 0.15) is 0 Å². The summed E-state index contributed by atoms with van der Waals surface area (Å²) in [6, 6.07) is 7.05. The maximum absolute atomic E-state index is 12.4. The second-order valence-electron chi connectivity index (χ2n) is 6.32. The van der Waals surface area contributed by atoms with E-state index in [0.717, 1.165) is 25.7 Å². The van der Waals surface area contributed by atoms with Crippen LogP contribution in [0.3, 0.4) is 0 Å². The molecular weight excluding hydrogens is 282 g/mol. The van der Waals surface area contributed by atoms with Gasteiger partial charge < -0.3 is 9.47 Å². The van der Waals surface area contributed by atoms with Gasteiger partial charge in [-0.15, -0.1) is 0 Å². The van der Waals surface area contributed by atoms with Crippen molar-refractivity contribution in [2.45, 2.75) is 31.5 Å². The van der Waals surface area contributed by atoms with Crippen LogP contribution in [0.1, 0.15) is 46.4 Å². The van der Waals surface area contributed by atoms with Gasteiger partial charge in [0.15, 0.2) is 5.79 Å². The Morgan fingerprint density at radius 1 is 1.00 bits per heavy atom. The third-order valence-corrected chi connectivity index (χ3v) is 5.00. The molecule has 2 amide bonds. The average Bonchev–Trinajstić information content (AvgIpc) is 3.09. The monoisotopic (exact) mass is 301 g/mol. The molecule has 2 aliphatic heterocycles. The Labute approximate surface area is 129 Å². The lowest BCUT2D eigenvalue weighted by Crippen LogP contribution is -2.40. The summed E-state index contributed by atoms with van der Waals surface area (Å²) in [7, 11) is 0. The van der Waals surface area contributed by atoms with E-state index in [1.165, 1.54) is 4.90 Å². The van der Waals surface area contributed by atoms with Crippen LogP contribution < -0.4 is 0 Å². The predicted octanol–water partition coefficient (Wildman–Crippen LogP) is 2.22. The highest BCUT2D eigenvalue weighted by Crippen LogP contribution is 2.39. The summed E-state index contributed by atoms with van der Waals surface area (Å²) in [6.07, 6.45) is 3.54. The summed E-state index contributed by atoms with van der Waals surface area (Å²) in [6.45, 7) is 1.84. The fourth-order valence-corrected chi connectivity index (χ4v) is 3.75. The highest BCUT2D eigenvalue weighted by atomic mass is 16.7. The van der Waals surface area contributed by atoms with Gasteiger partial charge in [0.25, 0.3) is 11.8 Å². The molecule has 1 saturated carbocycles. The molecule has 0 atom stereocenters. The predicted molar refractivity (Wildman–Crippen MR) is 78.4 cm³/mol. The zero-order valence-electron chi connectivity index (χ0n) is 12.4. The SMILES string of the molecule is O=C1c2ccccc2C(=O)N1CC1CCC2(CC1)OCCO2. The zero-order chi connectivity index (χ0) is 15.2. The Hall–Kier alpha value is -1.72. The molecule has 1 saturated heterocycles. The molecule has 2 heterocycles. The van der Waals surface area contributed by atoms with Gasteiger partial charge in [0, 0.05) is 19.4 Å². The summed E-state index contributed by atoms with van der Waals surface area (Å²) < 4.78 is 11.4. The number of hydrogen-bond acceptors (Lipinski definition) is 4. The lowest BCUT2D eigenvalue weighted by molar-refractivity contribution is -0.182. The van der Waals surface area contributed by atoms with Crippen LogP contribution in [-0.4, -0.2) is 42.3 Å². The molecule has 22 heavy (non-hydrogen) atoms. The molecule has 0 bridgehead atoms. The van der Waals surface area contributed by atoms with Gasteiger partial charge in [-0.3, -0.25) is 14.5 Å². The number of benzene rings is 1. The van der Waals surface area contributed by atoms with Crippen molar-refractivity contribution in [1.29, 1.82) is 0 Å². The molecule has 2 fully saturated rings. The Morgan fingerprint density at radius 2 is 1.55 bits per heavy atom. The number of imide groups is 1. The number of amides is 2. The Balaban J connectivity index is 1.43. The molecule has 0 unspecified atom stereocenters. The minimum absolute atomic E-state index is 0.158. The smallest absolute Gasteiger partial charge is 0.261 e. The van der Waals surface area contributed by atoms with E-state index < -0.39 is 5.79 Å². The van der Waals surface area contributed by atoms with Crippen molar-refractivity contribution in [2.24, 2.45) is 5.92 Å². The number of fused-ring (bicyclic) bond motifs is 1. The van der Waals surface area contributed by atoms with Gasteiger partial charge in [-0.2, -0.15) is 0 Å². The topological polar surface area (TPSA) is 55.8 Å². The van der Waals surface area contributed by atoms with E-state index in [1.807, 2.05) is 0 Å². The van der Waals surface area contributed by atoms with Gasteiger partial charge >= 0.3 is 0 Å². The van der Waals surface area contributed by atoms with Crippen molar-refractivity contribution >= 4 is 11.8 Å². The molecule has 5 heteroatoms. The Morgan fingerprint density at radius 3 is 2.09 bits per heavy atom. The van der Waals surface area contributed by atoms with Crippen LogP contribution in [0.4, 0.5) is 0 Å². The number of carbonyl (C=O) groups excluding carboxylic acids is 2. The van der Waals surface area contributed by atoms with E-state index in [-0.39, 0.29) is 11.8 Å². The fraction of sp³-hybridized carbons (Fsp3) is 0.529. The van der Waals surface area contributed by atoms with Crippen LogP contribution >= 0.6 is 0 Å². The molecule has 0 aromatic heterocycles. The lowest BCUT2D eigenvalue weighted by atomic mass is 9.85. The van der Waals surface area contributed by atoms with Crippen LogP contribution in [0.2, 0.25) is 0 Å². The van der Waals surface area contributed by atoms with Crippen LogP contribution in [-0.2, 0) is 9.47 Å². The first kappa shape index (κ1) is 13.9. The zero-order valence-corrected chi connectivity index (χ0v) is 12.4. The first-order chi connectivity index (χ1) is 10.7. The first-order valence-corrected chi connectivity index (χ1v) is 7.92.